The average Bonchev–Trinajstić information content (AvgIpc) is 2.75. The molecule has 3 aromatic rings. The molecule has 0 radical (unpaired) electrons. The molecule has 9 nitrogen and oxygen atoms in total. The van der Waals surface area contributed by atoms with Gasteiger partial charge in [-0.3, -0.25) is 14.8 Å². The molecule has 0 saturated carbocycles. The van der Waals surface area contributed by atoms with Gasteiger partial charge in [-0.05, 0) is 60.7 Å². The molecule has 3 rings (SSSR count). The van der Waals surface area contributed by atoms with Crippen molar-refractivity contribution < 1.29 is 31.3 Å². The fraction of sp³-hybridized carbons (Fsp3) is 0.0500. The van der Waals surface area contributed by atoms with Crippen molar-refractivity contribution in [3.8, 4) is 0 Å². The van der Waals surface area contributed by atoms with Gasteiger partial charge in [-0.15, -0.1) is 0 Å². The fourth-order valence-corrected chi connectivity index (χ4v) is 3.68. The maximum absolute atomic E-state index is 12.6. The van der Waals surface area contributed by atoms with Crippen molar-refractivity contribution >= 4 is 38.8 Å². The number of hydrogen-bond acceptors (Lipinski definition) is 5. The van der Waals surface area contributed by atoms with E-state index in [0.717, 1.165) is 12.1 Å². The second-order valence-corrected chi connectivity index (χ2v) is 8.27. The molecule has 0 spiro atoms. The summed E-state index contributed by atoms with van der Waals surface area (Å²) in [5.41, 5.74) is -0.346. The maximum atomic E-state index is 12.6. The van der Waals surface area contributed by atoms with E-state index < -0.39 is 32.7 Å². The van der Waals surface area contributed by atoms with E-state index >= 15 is 0 Å². The van der Waals surface area contributed by atoms with Crippen LogP contribution >= 0.6 is 0 Å². The third-order valence-corrected chi connectivity index (χ3v) is 5.62. The largest absolute Gasteiger partial charge is 0.416 e. The van der Waals surface area contributed by atoms with Crippen molar-refractivity contribution in [1.82, 2.24) is 0 Å². The van der Waals surface area contributed by atoms with Crippen molar-refractivity contribution in [2.75, 3.05) is 15.4 Å². The van der Waals surface area contributed by atoms with Crippen molar-refractivity contribution in [2.24, 2.45) is 0 Å². The molecule has 172 valence electrons. The lowest BCUT2D eigenvalue weighted by atomic mass is 10.2. The molecule has 0 saturated heterocycles. The molecule has 0 aliphatic carbocycles. The lowest BCUT2D eigenvalue weighted by Gasteiger charge is -2.11. The van der Waals surface area contributed by atoms with E-state index in [9.17, 15) is 36.5 Å². The lowest BCUT2D eigenvalue weighted by Crippen LogP contribution is -2.19. The van der Waals surface area contributed by atoms with Gasteiger partial charge in [0.2, 0.25) is 0 Å². The summed E-state index contributed by atoms with van der Waals surface area (Å²) < 4.78 is 64.9. The number of urea groups is 1. The smallest absolute Gasteiger partial charge is 0.308 e. The number of benzene rings is 3. The molecule has 0 aromatic heterocycles. The highest BCUT2D eigenvalue weighted by molar-refractivity contribution is 7.92. The van der Waals surface area contributed by atoms with Crippen LogP contribution in [-0.4, -0.2) is 19.4 Å². The Bertz CT molecular complexity index is 1260. The lowest BCUT2D eigenvalue weighted by molar-refractivity contribution is -0.384. The fourth-order valence-electron chi connectivity index (χ4n) is 2.62. The molecule has 0 fully saturated rings. The van der Waals surface area contributed by atoms with Gasteiger partial charge in [-0.25, -0.2) is 13.2 Å². The van der Waals surface area contributed by atoms with Crippen LogP contribution in [0.3, 0.4) is 0 Å². The minimum absolute atomic E-state index is 0.122. The Kier molecular flexibility index (Phi) is 6.53. The van der Waals surface area contributed by atoms with Gasteiger partial charge in [-0.2, -0.15) is 13.2 Å². The number of alkyl halides is 3. The number of nitro benzene ring substituents is 1. The van der Waals surface area contributed by atoms with Gasteiger partial charge in [-0.1, -0.05) is 0 Å². The SMILES string of the molecule is O=C(Nc1ccc(NS(=O)(=O)c2ccc(C(F)(F)F)cc2)cc1)Nc1ccc([N+](=O)[O-])cc1. The molecule has 33 heavy (non-hydrogen) atoms. The van der Waals surface area contributed by atoms with Gasteiger partial charge in [0.05, 0.1) is 15.4 Å². The summed E-state index contributed by atoms with van der Waals surface area (Å²) in [6.07, 6.45) is -4.58. The number of hydrogen-bond donors (Lipinski definition) is 3. The van der Waals surface area contributed by atoms with Crippen LogP contribution in [0.15, 0.2) is 77.7 Å². The molecule has 2 amide bonds. The van der Waals surface area contributed by atoms with E-state index in [1.54, 1.807) is 0 Å². The number of carbonyl (C=O) groups is 1. The Hall–Kier alpha value is -4.13. The second-order valence-electron chi connectivity index (χ2n) is 6.59. The summed E-state index contributed by atoms with van der Waals surface area (Å²) >= 11 is 0. The third kappa shape index (κ3) is 6.20. The number of non-ortho nitro benzene ring substituents is 1. The average molecular weight is 480 g/mol. The topological polar surface area (TPSA) is 130 Å². The van der Waals surface area contributed by atoms with Gasteiger partial charge < -0.3 is 10.6 Å². The van der Waals surface area contributed by atoms with E-state index in [0.29, 0.717) is 23.5 Å². The number of halogens is 3. The summed E-state index contributed by atoms with van der Waals surface area (Å²) in [5.74, 6) is 0. The Morgan fingerprint density at radius 2 is 1.24 bits per heavy atom. The van der Waals surface area contributed by atoms with E-state index in [4.69, 9.17) is 0 Å². The molecule has 0 unspecified atom stereocenters. The van der Waals surface area contributed by atoms with Crippen LogP contribution in [0.5, 0.6) is 0 Å². The van der Waals surface area contributed by atoms with E-state index in [1.165, 1.54) is 48.5 Å². The number of carbonyl (C=O) groups excluding carboxylic acids is 1. The van der Waals surface area contributed by atoms with E-state index in [1.807, 2.05) is 0 Å². The number of rotatable bonds is 6. The molecule has 0 bridgehead atoms. The summed E-state index contributed by atoms with van der Waals surface area (Å²) in [7, 11) is -4.13. The number of anilines is 3. The number of amides is 2. The number of nitro groups is 1. The summed E-state index contributed by atoms with van der Waals surface area (Å²) in [6.45, 7) is 0. The van der Waals surface area contributed by atoms with Crippen LogP contribution in [0.1, 0.15) is 5.56 Å². The molecule has 0 aliphatic heterocycles. The molecule has 0 atom stereocenters. The minimum Gasteiger partial charge on any atom is -0.308 e. The first kappa shape index (κ1) is 23.5. The highest BCUT2D eigenvalue weighted by atomic mass is 32.2. The van der Waals surface area contributed by atoms with Crippen molar-refractivity contribution in [3.63, 3.8) is 0 Å². The highest BCUT2D eigenvalue weighted by Crippen LogP contribution is 2.30. The van der Waals surface area contributed by atoms with Crippen LogP contribution in [0, 0.1) is 10.1 Å². The van der Waals surface area contributed by atoms with Gasteiger partial charge >= 0.3 is 12.2 Å². The van der Waals surface area contributed by atoms with Gasteiger partial charge in [0.15, 0.2) is 0 Å². The molecule has 13 heteroatoms. The van der Waals surface area contributed by atoms with Crippen LogP contribution in [0.4, 0.5) is 40.7 Å². The van der Waals surface area contributed by atoms with Crippen LogP contribution in [0.25, 0.3) is 0 Å². The predicted octanol–water partition coefficient (Wildman–Crippen LogP) is 5.06. The first-order chi connectivity index (χ1) is 15.4. The molecular weight excluding hydrogens is 465 g/mol. The number of nitrogens with one attached hydrogen (secondary N) is 3. The van der Waals surface area contributed by atoms with Crippen LogP contribution in [0.2, 0.25) is 0 Å². The first-order valence-corrected chi connectivity index (χ1v) is 10.5. The van der Waals surface area contributed by atoms with Crippen LogP contribution in [-0.2, 0) is 16.2 Å². The van der Waals surface area contributed by atoms with Crippen molar-refractivity contribution in [2.45, 2.75) is 11.1 Å². The quantitative estimate of drug-likeness (QED) is 0.335. The molecule has 3 aromatic carbocycles. The Morgan fingerprint density at radius 3 is 1.70 bits per heavy atom. The number of nitrogens with zero attached hydrogens (tertiary/aromatic N) is 1. The van der Waals surface area contributed by atoms with Gasteiger partial charge in [0.1, 0.15) is 0 Å². The normalized spacial score (nSPS) is 11.5. The van der Waals surface area contributed by atoms with Crippen molar-refractivity contribution in [1.29, 1.82) is 0 Å². The maximum Gasteiger partial charge on any atom is 0.416 e. The molecular formula is C20H15F3N4O5S. The molecule has 3 N–H and O–H groups in total. The Morgan fingerprint density at radius 1 is 0.788 bits per heavy atom. The third-order valence-electron chi connectivity index (χ3n) is 4.22. The Labute approximate surface area is 185 Å². The Balaban J connectivity index is 1.61. The summed E-state index contributed by atoms with van der Waals surface area (Å²) in [6, 6.07) is 13.1. The molecule has 0 heterocycles. The molecule has 0 aliphatic rings. The minimum atomic E-state index is -4.58. The summed E-state index contributed by atoms with van der Waals surface area (Å²) in [5, 5.41) is 15.6. The number of sulfonamides is 1. The van der Waals surface area contributed by atoms with Crippen LogP contribution < -0.4 is 15.4 Å². The van der Waals surface area contributed by atoms with Gasteiger partial charge in [0, 0.05) is 29.2 Å². The zero-order valence-electron chi connectivity index (χ0n) is 16.5. The van der Waals surface area contributed by atoms with E-state index in [2.05, 4.69) is 15.4 Å². The highest BCUT2D eigenvalue weighted by Gasteiger charge is 2.30. The van der Waals surface area contributed by atoms with Crippen molar-refractivity contribution in [3.05, 3.63) is 88.5 Å². The van der Waals surface area contributed by atoms with Gasteiger partial charge in [0.25, 0.3) is 15.7 Å². The standard InChI is InChI=1S/C20H15F3N4O5S/c21-20(22,23)13-1-11-18(12-2-13)33(31,32)26-16-5-3-14(4-6-16)24-19(28)25-15-7-9-17(10-8-15)27(29)30/h1-12,26H,(H2,24,25,28). The summed E-state index contributed by atoms with van der Waals surface area (Å²) in [4.78, 5) is 21.8. The predicted molar refractivity (Wildman–Crippen MR) is 114 cm³/mol. The zero-order chi connectivity index (χ0) is 24.2. The van der Waals surface area contributed by atoms with E-state index in [-0.39, 0.29) is 16.3 Å². The first-order valence-electron chi connectivity index (χ1n) is 9.07. The zero-order valence-corrected chi connectivity index (χ0v) is 17.3. The second kappa shape index (κ2) is 9.16. The monoisotopic (exact) mass is 480 g/mol.